The zero-order valence-corrected chi connectivity index (χ0v) is 12.3. The first-order valence-electron chi connectivity index (χ1n) is 6.40. The first kappa shape index (κ1) is 13.6. The Balaban J connectivity index is 1.85. The zero-order chi connectivity index (χ0) is 13.0. The van der Waals surface area contributed by atoms with Crippen molar-refractivity contribution < 1.29 is 4.79 Å². The predicted octanol–water partition coefficient (Wildman–Crippen LogP) is 2.62. The molecule has 1 aromatic rings. The van der Waals surface area contributed by atoms with Gasteiger partial charge in [0.1, 0.15) is 0 Å². The van der Waals surface area contributed by atoms with Gasteiger partial charge < -0.3 is 9.80 Å². The van der Waals surface area contributed by atoms with Gasteiger partial charge in [0.25, 0.3) is 5.91 Å². The fourth-order valence-corrected chi connectivity index (χ4v) is 2.48. The van der Waals surface area contributed by atoms with Gasteiger partial charge in [-0.3, -0.25) is 4.79 Å². The Kier molecular flexibility index (Phi) is 4.78. The maximum atomic E-state index is 12.2. The van der Waals surface area contributed by atoms with Gasteiger partial charge in [-0.15, -0.1) is 0 Å². The molecule has 0 atom stereocenters. The number of rotatable bonds is 4. The molecule has 1 aliphatic heterocycles. The minimum absolute atomic E-state index is 0.0988. The van der Waals surface area contributed by atoms with Gasteiger partial charge in [0, 0.05) is 30.2 Å². The molecule has 2 rings (SSSR count). The van der Waals surface area contributed by atoms with Crippen LogP contribution in [0.1, 0.15) is 23.2 Å². The van der Waals surface area contributed by atoms with E-state index in [1.54, 1.807) is 0 Å². The molecular formula is C14H19BrN2O. The van der Waals surface area contributed by atoms with E-state index >= 15 is 0 Å². The minimum Gasteiger partial charge on any atom is -0.340 e. The average molecular weight is 311 g/mol. The minimum atomic E-state index is 0.0988. The third kappa shape index (κ3) is 3.56. The van der Waals surface area contributed by atoms with Crippen LogP contribution in [-0.2, 0) is 0 Å². The molecule has 98 valence electrons. The third-order valence-corrected chi connectivity index (χ3v) is 3.92. The number of amides is 1. The largest absolute Gasteiger partial charge is 0.340 e. The average Bonchev–Trinajstić information content (AvgIpc) is 2.89. The van der Waals surface area contributed by atoms with E-state index in [1.807, 2.05) is 36.2 Å². The number of benzene rings is 1. The number of likely N-dealkylation sites (N-methyl/N-ethyl adjacent to an activating group) is 1. The van der Waals surface area contributed by atoms with Crippen LogP contribution in [0.2, 0.25) is 0 Å². The summed E-state index contributed by atoms with van der Waals surface area (Å²) in [6.07, 6.45) is 2.59. The molecule has 1 aromatic carbocycles. The molecule has 0 aromatic heterocycles. The second kappa shape index (κ2) is 6.34. The summed E-state index contributed by atoms with van der Waals surface area (Å²) in [6.45, 7) is 4.15. The van der Waals surface area contributed by atoms with E-state index in [9.17, 15) is 4.79 Å². The number of halogens is 1. The normalized spacial score (nSPS) is 15.9. The van der Waals surface area contributed by atoms with Crippen molar-refractivity contribution >= 4 is 21.8 Å². The SMILES string of the molecule is CN(CCN1CCCC1)C(=O)c1ccc(Br)cc1. The van der Waals surface area contributed by atoms with Gasteiger partial charge in [-0.2, -0.15) is 0 Å². The highest BCUT2D eigenvalue weighted by molar-refractivity contribution is 9.10. The molecule has 1 amide bonds. The van der Waals surface area contributed by atoms with Crippen LogP contribution >= 0.6 is 15.9 Å². The maximum Gasteiger partial charge on any atom is 0.253 e. The molecule has 0 radical (unpaired) electrons. The van der Waals surface area contributed by atoms with Crippen LogP contribution < -0.4 is 0 Å². The quantitative estimate of drug-likeness (QED) is 0.853. The van der Waals surface area contributed by atoms with Gasteiger partial charge in [0.15, 0.2) is 0 Å². The zero-order valence-electron chi connectivity index (χ0n) is 10.7. The Hall–Kier alpha value is -0.870. The molecule has 0 N–H and O–H groups in total. The summed E-state index contributed by atoms with van der Waals surface area (Å²) in [5.74, 6) is 0.0988. The predicted molar refractivity (Wildman–Crippen MR) is 76.8 cm³/mol. The first-order valence-corrected chi connectivity index (χ1v) is 7.19. The van der Waals surface area contributed by atoms with Crippen LogP contribution in [-0.4, -0.2) is 48.9 Å². The molecule has 1 heterocycles. The van der Waals surface area contributed by atoms with Crippen molar-refractivity contribution in [2.75, 3.05) is 33.2 Å². The standard InChI is InChI=1S/C14H19BrN2O/c1-16(10-11-17-8-2-3-9-17)14(18)12-4-6-13(15)7-5-12/h4-7H,2-3,8-11H2,1H3. The molecule has 4 heteroatoms. The molecule has 0 spiro atoms. The van der Waals surface area contributed by atoms with Crippen molar-refractivity contribution in [3.63, 3.8) is 0 Å². The fourth-order valence-electron chi connectivity index (χ4n) is 2.21. The maximum absolute atomic E-state index is 12.2. The summed E-state index contributed by atoms with van der Waals surface area (Å²) in [5, 5.41) is 0. The number of carbonyl (C=O) groups excluding carboxylic acids is 1. The van der Waals surface area contributed by atoms with Crippen LogP contribution in [0.25, 0.3) is 0 Å². The lowest BCUT2D eigenvalue weighted by atomic mass is 10.2. The smallest absolute Gasteiger partial charge is 0.253 e. The van der Waals surface area contributed by atoms with E-state index in [-0.39, 0.29) is 5.91 Å². The summed E-state index contributed by atoms with van der Waals surface area (Å²) in [7, 11) is 1.88. The summed E-state index contributed by atoms with van der Waals surface area (Å²) >= 11 is 3.38. The topological polar surface area (TPSA) is 23.6 Å². The lowest BCUT2D eigenvalue weighted by molar-refractivity contribution is 0.0782. The number of carbonyl (C=O) groups is 1. The Morgan fingerprint density at radius 1 is 1.28 bits per heavy atom. The van der Waals surface area contributed by atoms with Crippen molar-refractivity contribution in [3.8, 4) is 0 Å². The molecule has 1 aliphatic rings. The van der Waals surface area contributed by atoms with E-state index in [2.05, 4.69) is 20.8 Å². The number of nitrogens with zero attached hydrogens (tertiary/aromatic N) is 2. The van der Waals surface area contributed by atoms with E-state index in [1.165, 1.54) is 25.9 Å². The Labute approximate surface area is 117 Å². The van der Waals surface area contributed by atoms with Crippen molar-refractivity contribution in [1.29, 1.82) is 0 Å². The van der Waals surface area contributed by atoms with Crippen molar-refractivity contribution in [1.82, 2.24) is 9.80 Å². The fraction of sp³-hybridized carbons (Fsp3) is 0.500. The van der Waals surface area contributed by atoms with Gasteiger partial charge in [0.2, 0.25) is 0 Å². The van der Waals surface area contributed by atoms with Crippen molar-refractivity contribution in [2.45, 2.75) is 12.8 Å². The van der Waals surface area contributed by atoms with Gasteiger partial charge in [-0.05, 0) is 50.2 Å². The molecule has 0 aliphatic carbocycles. The second-order valence-corrected chi connectivity index (χ2v) is 5.70. The van der Waals surface area contributed by atoms with Crippen LogP contribution in [0.3, 0.4) is 0 Å². The highest BCUT2D eigenvalue weighted by Crippen LogP contribution is 2.12. The van der Waals surface area contributed by atoms with Crippen LogP contribution in [0.15, 0.2) is 28.7 Å². The van der Waals surface area contributed by atoms with Crippen LogP contribution in [0, 0.1) is 0 Å². The Morgan fingerprint density at radius 2 is 1.89 bits per heavy atom. The molecule has 1 saturated heterocycles. The van der Waals surface area contributed by atoms with Gasteiger partial charge in [-0.1, -0.05) is 15.9 Å². The third-order valence-electron chi connectivity index (χ3n) is 3.39. The lowest BCUT2D eigenvalue weighted by Crippen LogP contribution is -2.35. The van der Waals surface area contributed by atoms with Crippen LogP contribution in [0.4, 0.5) is 0 Å². The molecular weight excluding hydrogens is 292 g/mol. The lowest BCUT2D eigenvalue weighted by Gasteiger charge is -2.21. The van der Waals surface area contributed by atoms with Crippen molar-refractivity contribution in [3.05, 3.63) is 34.3 Å². The Bertz CT molecular complexity index is 399. The highest BCUT2D eigenvalue weighted by Gasteiger charge is 2.15. The van der Waals surface area contributed by atoms with Crippen LogP contribution in [0.5, 0.6) is 0 Å². The molecule has 18 heavy (non-hydrogen) atoms. The molecule has 0 unspecified atom stereocenters. The number of likely N-dealkylation sites (tertiary alicyclic amines) is 1. The van der Waals surface area contributed by atoms with E-state index < -0.39 is 0 Å². The van der Waals surface area contributed by atoms with E-state index in [0.717, 1.165) is 23.1 Å². The summed E-state index contributed by atoms with van der Waals surface area (Å²) in [4.78, 5) is 16.4. The highest BCUT2D eigenvalue weighted by atomic mass is 79.9. The molecule has 1 fully saturated rings. The molecule has 0 bridgehead atoms. The first-order chi connectivity index (χ1) is 8.66. The van der Waals surface area contributed by atoms with E-state index in [0.29, 0.717) is 0 Å². The van der Waals surface area contributed by atoms with E-state index in [4.69, 9.17) is 0 Å². The summed E-state index contributed by atoms with van der Waals surface area (Å²) < 4.78 is 0.999. The van der Waals surface area contributed by atoms with Gasteiger partial charge >= 0.3 is 0 Å². The Morgan fingerprint density at radius 3 is 2.50 bits per heavy atom. The number of hydrogen-bond acceptors (Lipinski definition) is 2. The molecule has 0 saturated carbocycles. The van der Waals surface area contributed by atoms with Gasteiger partial charge in [0.05, 0.1) is 0 Å². The monoisotopic (exact) mass is 310 g/mol. The second-order valence-electron chi connectivity index (χ2n) is 4.78. The molecule has 3 nitrogen and oxygen atoms in total. The van der Waals surface area contributed by atoms with Gasteiger partial charge in [-0.25, -0.2) is 0 Å². The van der Waals surface area contributed by atoms with Crippen molar-refractivity contribution in [2.24, 2.45) is 0 Å². The summed E-state index contributed by atoms with van der Waals surface area (Å²) in [6, 6.07) is 7.53. The number of hydrogen-bond donors (Lipinski definition) is 0. The summed E-state index contributed by atoms with van der Waals surface area (Å²) in [5.41, 5.74) is 0.752.